The highest BCUT2D eigenvalue weighted by Crippen LogP contribution is 2.31. The predicted molar refractivity (Wildman–Crippen MR) is 131 cm³/mol. The second-order valence-electron chi connectivity index (χ2n) is 7.89. The molecule has 0 spiro atoms. The van der Waals surface area contributed by atoms with Crippen molar-refractivity contribution in [3.8, 4) is 0 Å². The second-order valence-corrected chi connectivity index (χ2v) is 8.90. The van der Waals surface area contributed by atoms with Gasteiger partial charge in [-0.15, -0.1) is 11.8 Å². The summed E-state index contributed by atoms with van der Waals surface area (Å²) in [6, 6.07) is 17.5. The fourth-order valence-electron chi connectivity index (χ4n) is 3.65. The molecule has 186 valence electrons. The van der Waals surface area contributed by atoms with Gasteiger partial charge in [0.05, 0.1) is 11.3 Å². The molecule has 0 saturated heterocycles. The van der Waals surface area contributed by atoms with Crippen LogP contribution in [0, 0.1) is 5.82 Å². The highest BCUT2D eigenvalue weighted by molar-refractivity contribution is 8.00. The predicted octanol–water partition coefficient (Wildman–Crippen LogP) is 5.96. The Morgan fingerprint density at radius 2 is 1.72 bits per heavy atom. The zero-order chi connectivity index (χ0) is 25.7. The monoisotopic (exact) mass is 515 g/mol. The van der Waals surface area contributed by atoms with Crippen LogP contribution in [-0.4, -0.2) is 28.7 Å². The number of nitrogens with one attached hydrogen (secondary N) is 2. The van der Waals surface area contributed by atoms with Gasteiger partial charge in [-0.1, -0.05) is 30.3 Å². The molecule has 4 aromatic rings. The molecule has 0 aliphatic carbocycles. The molecule has 4 rings (SSSR count). The number of fused-ring (bicyclic) bond motifs is 1. The molecule has 36 heavy (non-hydrogen) atoms. The summed E-state index contributed by atoms with van der Waals surface area (Å²) < 4.78 is 54.0. The molecule has 0 bridgehead atoms. The smallest absolute Gasteiger partial charge is 0.350 e. The number of anilines is 1. The quantitative estimate of drug-likeness (QED) is 0.225. The summed E-state index contributed by atoms with van der Waals surface area (Å²) in [5.74, 6) is -1.21. The summed E-state index contributed by atoms with van der Waals surface area (Å²) in [7, 11) is 0. The normalized spacial score (nSPS) is 11.4. The van der Waals surface area contributed by atoms with Crippen LogP contribution in [-0.2, 0) is 17.5 Å². The summed E-state index contributed by atoms with van der Waals surface area (Å²) in [6.45, 7) is 0.569. The van der Waals surface area contributed by atoms with Gasteiger partial charge < -0.3 is 15.2 Å². The van der Waals surface area contributed by atoms with Crippen molar-refractivity contribution in [2.45, 2.75) is 17.6 Å². The van der Waals surface area contributed by atoms with Crippen LogP contribution in [0.5, 0.6) is 0 Å². The number of amides is 2. The third-order valence-electron chi connectivity index (χ3n) is 5.31. The minimum Gasteiger partial charge on any atom is -0.350 e. The summed E-state index contributed by atoms with van der Waals surface area (Å²) in [4.78, 5) is 25.6. The number of carbonyl (C=O) groups excluding carboxylic acids is 2. The maximum atomic E-state index is 13.3. The Bertz CT molecular complexity index is 1400. The lowest BCUT2D eigenvalue weighted by molar-refractivity contribution is -0.137. The van der Waals surface area contributed by atoms with Crippen LogP contribution in [0.1, 0.15) is 15.9 Å². The van der Waals surface area contributed by atoms with Gasteiger partial charge in [-0.25, -0.2) is 4.39 Å². The van der Waals surface area contributed by atoms with Gasteiger partial charge in [0.2, 0.25) is 5.91 Å². The van der Waals surface area contributed by atoms with E-state index in [1.807, 2.05) is 35.0 Å². The van der Waals surface area contributed by atoms with Gasteiger partial charge in [0.25, 0.3) is 5.91 Å². The molecule has 0 aliphatic rings. The third-order valence-corrected chi connectivity index (χ3v) is 6.35. The van der Waals surface area contributed by atoms with Gasteiger partial charge in [0.1, 0.15) is 5.82 Å². The summed E-state index contributed by atoms with van der Waals surface area (Å²) in [6.07, 6.45) is -2.66. The van der Waals surface area contributed by atoms with Crippen molar-refractivity contribution in [2.75, 3.05) is 17.6 Å². The van der Waals surface area contributed by atoms with Crippen molar-refractivity contribution in [1.82, 2.24) is 9.88 Å². The number of thioether (sulfide) groups is 1. The number of nitrogens with zero attached hydrogens (tertiary/aromatic N) is 1. The lowest BCUT2D eigenvalue weighted by Crippen LogP contribution is -2.27. The van der Waals surface area contributed by atoms with E-state index in [0.29, 0.717) is 12.2 Å². The van der Waals surface area contributed by atoms with E-state index in [9.17, 15) is 27.2 Å². The summed E-state index contributed by atoms with van der Waals surface area (Å²) >= 11 is 1.32. The molecule has 0 aliphatic heterocycles. The number of alkyl halides is 3. The number of benzene rings is 3. The van der Waals surface area contributed by atoms with Crippen molar-refractivity contribution >= 4 is 40.2 Å². The molecule has 0 atom stereocenters. The van der Waals surface area contributed by atoms with Gasteiger partial charge in [-0.05, 0) is 42.5 Å². The first-order chi connectivity index (χ1) is 17.2. The van der Waals surface area contributed by atoms with Crippen LogP contribution in [0.2, 0.25) is 0 Å². The van der Waals surface area contributed by atoms with E-state index in [-0.39, 0.29) is 23.8 Å². The Morgan fingerprint density at radius 1 is 0.944 bits per heavy atom. The van der Waals surface area contributed by atoms with Crippen LogP contribution in [0.25, 0.3) is 10.9 Å². The third kappa shape index (κ3) is 6.25. The number of hydrogen-bond donors (Lipinski definition) is 2. The van der Waals surface area contributed by atoms with E-state index in [2.05, 4.69) is 10.6 Å². The fourth-order valence-corrected chi connectivity index (χ4v) is 4.54. The Balaban J connectivity index is 1.38. The maximum absolute atomic E-state index is 13.3. The van der Waals surface area contributed by atoms with Crippen LogP contribution in [0.4, 0.5) is 23.2 Å². The Labute approximate surface area is 208 Å². The van der Waals surface area contributed by atoms with Gasteiger partial charge in [-0.2, -0.15) is 13.2 Å². The molecule has 2 amide bonds. The molecular weight excluding hydrogens is 494 g/mol. The van der Waals surface area contributed by atoms with E-state index in [1.165, 1.54) is 42.1 Å². The molecule has 0 saturated carbocycles. The van der Waals surface area contributed by atoms with E-state index in [0.717, 1.165) is 27.9 Å². The van der Waals surface area contributed by atoms with Crippen molar-refractivity contribution in [3.63, 3.8) is 0 Å². The van der Waals surface area contributed by atoms with Crippen LogP contribution < -0.4 is 10.6 Å². The van der Waals surface area contributed by atoms with Crippen molar-refractivity contribution in [2.24, 2.45) is 0 Å². The van der Waals surface area contributed by atoms with E-state index < -0.39 is 23.5 Å². The minimum absolute atomic E-state index is 0.0669. The molecule has 2 N–H and O–H groups in total. The molecule has 0 unspecified atom stereocenters. The first-order valence-electron chi connectivity index (χ1n) is 10.9. The number of para-hydroxylation sites is 1. The standard InChI is InChI=1S/C26H21F4N3O2S/c27-19-7-4-8-20(14-19)32-24(34)16-36-23-15-33(22-10-2-1-9-21(22)23)12-11-31-25(35)17-5-3-6-18(13-17)26(28,29)30/h1-10,13-15H,11-12,16H2,(H,31,35)(H,32,34). The number of carbonyl (C=O) groups is 2. The van der Waals surface area contributed by atoms with E-state index in [1.54, 1.807) is 6.07 Å². The number of rotatable bonds is 8. The fraction of sp³-hybridized carbons (Fsp3) is 0.154. The Hall–Kier alpha value is -3.79. The first kappa shape index (κ1) is 25.3. The van der Waals surface area contributed by atoms with E-state index >= 15 is 0 Å². The highest BCUT2D eigenvalue weighted by atomic mass is 32.2. The van der Waals surface area contributed by atoms with Gasteiger partial charge in [-0.3, -0.25) is 9.59 Å². The molecule has 10 heteroatoms. The number of aromatic nitrogens is 1. The molecule has 5 nitrogen and oxygen atoms in total. The zero-order valence-corrected chi connectivity index (χ0v) is 19.6. The molecule has 1 heterocycles. The largest absolute Gasteiger partial charge is 0.416 e. The molecular formula is C26H21F4N3O2S. The zero-order valence-electron chi connectivity index (χ0n) is 18.8. The molecule has 0 radical (unpaired) electrons. The molecule has 1 aromatic heterocycles. The van der Waals surface area contributed by atoms with Gasteiger partial charge in [0.15, 0.2) is 0 Å². The van der Waals surface area contributed by atoms with Crippen LogP contribution in [0.3, 0.4) is 0 Å². The van der Waals surface area contributed by atoms with Crippen molar-refractivity contribution < 1.29 is 27.2 Å². The maximum Gasteiger partial charge on any atom is 0.416 e. The minimum atomic E-state index is -4.53. The number of hydrogen-bond acceptors (Lipinski definition) is 3. The van der Waals surface area contributed by atoms with Crippen LogP contribution >= 0.6 is 11.8 Å². The van der Waals surface area contributed by atoms with Gasteiger partial charge >= 0.3 is 6.18 Å². The SMILES string of the molecule is O=C(CSc1cn(CCNC(=O)c2cccc(C(F)(F)F)c2)c2ccccc12)Nc1cccc(F)c1. The summed E-state index contributed by atoms with van der Waals surface area (Å²) in [5, 5.41) is 6.23. The first-order valence-corrected chi connectivity index (χ1v) is 11.9. The molecule has 3 aromatic carbocycles. The van der Waals surface area contributed by atoms with Crippen molar-refractivity contribution in [3.05, 3.63) is 95.9 Å². The lowest BCUT2D eigenvalue weighted by Gasteiger charge is -2.10. The lowest BCUT2D eigenvalue weighted by atomic mass is 10.1. The second kappa shape index (κ2) is 10.9. The highest BCUT2D eigenvalue weighted by Gasteiger charge is 2.30. The average Bonchev–Trinajstić information content (AvgIpc) is 3.20. The van der Waals surface area contributed by atoms with Crippen LogP contribution in [0.15, 0.2) is 83.9 Å². The van der Waals surface area contributed by atoms with E-state index in [4.69, 9.17) is 0 Å². The Kier molecular flexibility index (Phi) is 7.64. The molecule has 0 fully saturated rings. The average molecular weight is 516 g/mol. The topological polar surface area (TPSA) is 63.1 Å². The van der Waals surface area contributed by atoms with Crippen molar-refractivity contribution in [1.29, 1.82) is 0 Å². The Morgan fingerprint density at radius 3 is 2.50 bits per heavy atom. The number of halogens is 4. The summed E-state index contributed by atoms with van der Waals surface area (Å²) in [5.41, 5.74) is 0.316. The van der Waals surface area contributed by atoms with Gasteiger partial charge in [0, 0.05) is 46.3 Å².